The third-order valence-electron chi connectivity index (χ3n) is 7.21. The van der Waals surface area contributed by atoms with Gasteiger partial charge < -0.3 is 14.4 Å². The van der Waals surface area contributed by atoms with E-state index in [1.165, 1.54) is 5.56 Å². The molecular weight excluding hydrogens is 386 g/mol. The number of aryl methyl sites for hydroxylation is 1. The van der Waals surface area contributed by atoms with Crippen molar-refractivity contribution in [3.8, 4) is 0 Å². The zero-order chi connectivity index (χ0) is 22.0. The lowest BCUT2D eigenvalue weighted by molar-refractivity contribution is -0.131. The van der Waals surface area contributed by atoms with Crippen LogP contribution in [-0.4, -0.2) is 52.4 Å². The maximum atomic E-state index is 13.3. The molecule has 0 saturated carbocycles. The van der Waals surface area contributed by atoms with Gasteiger partial charge in [0.05, 0.1) is 11.6 Å². The van der Waals surface area contributed by atoms with Gasteiger partial charge in [-0.3, -0.25) is 9.59 Å². The van der Waals surface area contributed by atoms with Crippen LogP contribution in [0.4, 0.5) is 0 Å². The van der Waals surface area contributed by atoms with Gasteiger partial charge in [0.25, 0.3) is 5.91 Å². The van der Waals surface area contributed by atoms with Crippen molar-refractivity contribution < 1.29 is 9.59 Å². The van der Waals surface area contributed by atoms with Crippen LogP contribution in [-0.2, 0) is 4.79 Å². The van der Waals surface area contributed by atoms with E-state index in [9.17, 15) is 9.59 Å². The van der Waals surface area contributed by atoms with Gasteiger partial charge in [0.15, 0.2) is 0 Å². The molecule has 2 aliphatic rings. The highest BCUT2D eigenvalue weighted by Gasteiger charge is 2.29. The Kier molecular flexibility index (Phi) is 6.49. The van der Waals surface area contributed by atoms with E-state index in [0.717, 1.165) is 68.8 Å². The molecule has 2 aliphatic heterocycles. The molecular formula is C26H35N3O2. The number of hydrogen-bond donors (Lipinski definition) is 0. The van der Waals surface area contributed by atoms with Crippen molar-refractivity contribution in [3.05, 3.63) is 58.9 Å². The predicted molar refractivity (Wildman–Crippen MR) is 123 cm³/mol. The smallest absolute Gasteiger partial charge is 0.255 e. The van der Waals surface area contributed by atoms with E-state index in [4.69, 9.17) is 0 Å². The number of hydrogen-bond acceptors (Lipinski definition) is 2. The number of aromatic nitrogens is 1. The van der Waals surface area contributed by atoms with Crippen LogP contribution in [0.25, 0.3) is 0 Å². The average molecular weight is 422 g/mol. The highest BCUT2D eigenvalue weighted by atomic mass is 16.2. The minimum absolute atomic E-state index is 0.129. The first kappa shape index (κ1) is 21.7. The van der Waals surface area contributed by atoms with Gasteiger partial charge in [-0.25, -0.2) is 0 Å². The van der Waals surface area contributed by atoms with Crippen LogP contribution in [0.3, 0.4) is 0 Å². The van der Waals surface area contributed by atoms with Crippen LogP contribution >= 0.6 is 0 Å². The largest absolute Gasteiger partial charge is 0.343 e. The zero-order valence-corrected chi connectivity index (χ0v) is 19.1. The normalized spacial score (nSPS) is 18.4. The zero-order valence-electron chi connectivity index (χ0n) is 19.1. The minimum Gasteiger partial charge on any atom is -0.343 e. The van der Waals surface area contributed by atoms with Crippen LogP contribution in [0, 0.1) is 19.8 Å². The molecule has 1 aromatic carbocycles. The van der Waals surface area contributed by atoms with Gasteiger partial charge in [0.2, 0.25) is 5.91 Å². The summed E-state index contributed by atoms with van der Waals surface area (Å²) in [6, 6.07) is 12.7. The Morgan fingerprint density at radius 1 is 0.968 bits per heavy atom. The lowest BCUT2D eigenvalue weighted by Gasteiger charge is -2.32. The number of carbonyl (C=O) groups is 2. The van der Waals surface area contributed by atoms with Gasteiger partial charge in [-0.15, -0.1) is 0 Å². The highest BCUT2D eigenvalue weighted by Crippen LogP contribution is 2.28. The van der Waals surface area contributed by atoms with Crippen molar-refractivity contribution >= 4 is 11.8 Å². The Morgan fingerprint density at radius 3 is 2.26 bits per heavy atom. The first-order valence-electron chi connectivity index (χ1n) is 11.8. The maximum absolute atomic E-state index is 13.3. The molecule has 0 radical (unpaired) electrons. The van der Waals surface area contributed by atoms with Gasteiger partial charge in [-0.1, -0.05) is 30.3 Å². The van der Waals surface area contributed by atoms with Crippen molar-refractivity contribution in [2.75, 3.05) is 26.2 Å². The third kappa shape index (κ3) is 4.56. The van der Waals surface area contributed by atoms with Gasteiger partial charge in [0, 0.05) is 44.0 Å². The monoisotopic (exact) mass is 421 g/mol. The molecule has 4 rings (SSSR count). The molecule has 1 unspecified atom stereocenters. The van der Waals surface area contributed by atoms with E-state index in [-0.39, 0.29) is 11.9 Å². The summed E-state index contributed by atoms with van der Waals surface area (Å²) in [7, 11) is 0. The second-order valence-electron chi connectivity index (χ2n) is 9.27. The van der Waals surface area contributed by atoms with E-state index in [1.807, 2.05) is 21.9 Å². The first-order valence-corrected chi connectivity index (χ1v) is 11.8. The number of benzene rings is 1. The van der Waals surface area contributed by atoms with Crippen molar-refractivity contribution in [2.24, 2.45) is 5.92 Å². The summed E-state index contributed by atoms with van der Waals surface area (Å²) in [6.07, 6.45) is 4.76. The number of rotatable bonds is 5. The summed E-state index contributed by atoms with van der Waals surface area (Å²) in [6.45, 7) is 9.66. The van der Waals surface area contributed by atoms with E-state index in [2.05, 4.69) is 49.6 Å². The van der Waals surface area contributed by atoms with Crippen LogP contribution < -0.4 is 0 Å². The molecule has 31 heavy (non-hydrogen) atoms. The molecule has 0 aliphatic carbocycles. The van der Waals surface area contributed by atoms with Gasteiger partial charge in [0.1, 0.15) is 0 Å². The summed E-state index contributed by atoms with van der Waals surface area (Å²) in [4.78, 5) is 29.8. The van der Waals surface area contributed by atoms with Crippen LogP contribution in [0.15, 0.2) is 36.4 Å². The fourth-order valence-corrected chi connectivity index (χ4v) is 5.32. The van der Waals surface area contributed by atoms with Crippen molar-refractivity contribution in [1.82, 2.24) is 14.4 Å². The molecule has 3 heterocycles. The summed E-state index contributed by atoms with van der Waals surface area (Å²) in [5, 5.41) is 0. The molecule has 166 valence electrons. The Hall–Kier alpha value is -2.56. The molecule has 0 bridgehead atoms. The van der Waals surface area contributed by atoms with E-state index >= 15 is 0 Å². The Balaban J connectivity index is 1.39. The molecule has 5 heteroatoms. The summed E-state index contributed by atoms with van der Waals surface area (Å²) in [5.74, 6) is 0.840. The quantitative estimate of drug-likeness (QED) is 0.709. The lowest BCUT2D eigenvalue weighted by Crippen LogP contribution is -2.40. The Morgan fingerprint density at radius 2 is 1.61 bits per heavy atom. The van der Waals surface area contributed by atoms with Crippen LogP contribution in [0.1, 0.15) is 72.4 Å². The average Bonchev–Trinajstić information content (AvgIpc) is 3.42. The molecule has 0 spiro atoms. The second-order valence-corrected chi connectivity index (χ2v) is 9.27. The fraction of sp³-hybridized carbons (Fsp3) is 0.538. The topological polar surface area (TPSA) is 45.6 Å². The van der Waals surface area contributed by atoms with Gasteiger partial charge >= 0.3 is 0 Å². The van der Waals surface area contributed by atoms with Crippen LogP contribution in [0.5, 0.6) is 0 Å². The van der Waals surface area contributed by atoms with Gasteiger partial charge in [-0.05, 0) is 64.0 Å². The molecule has 1 atom stereocenters. The second kappa shape index (κ2) is 9.29. The Bertz CT molecular complexity index is 920. The third-order valence-corrected chi connectivity index (χ3v) is 7.21. The van der Waals surface area contributed by atoms with Crippen molar-refractivity contribution in [2.45, 2.75) is 58.9 Å². The summed E-state index contributed by atoms with van der Waals surface area (Å²) in [5.41, 5.74) is 4.20. The first-order chi connectivity index (χ1) is 15.0. The lowest BCUT2D eigenvalue weighted by atomic mass is 9.92. The fourth-order valence-electron chi connectivity index (χ4n) is 5.32. The van der Waals surface area contributed by atoms with Crippen molar-refractivity contribution in [1.29, 1.82) is 0 Å². The number of carbonyl (C=O) groups excluding carboxylic acids is 2. The molecule has 5 nitrogen and oxygen atoms in total. The standard InChI is InChI=1S/C26H35N3O2/c1-19-17-24(21(3)29(19)20(2)23-9-5-4-6-10-23)26(31)28-15-11-22(12-16-28)18-25(30)27-13-7-8-14-27/h4-6,9-10,17,20,22H,7-8,11-16,18H2,1-3H3. The molecule has 2 fully saturated rings. The number of amides is 2. The molecule has 1 aromatic heterocycles. The number of piperidine rings is 1. The molecule has 2 amide bonds. The summed E-state index contributed by atoms with van der Waals surface area (Å²) >= 11 is 0. The van der Waals surface area contributed by atoms with Crippen molar-refractivity contribution in [3.63, 3.8) is 0 Å². The Labute approximate surface area is 186 Å². The predicted octanol–water partition coefficient (Wildman–Crippen LogP) is 4.58. The van der Waals surface area contributed by atoms with Crippen LogP contribution in [0.2, 0.25) is 0 Å². The summed E-state index contributed by atoms with van der Waals surface area (Å²) < 4.78 is 2.27. The maximum Gasteiger partial charge on any atom is 0.255 e. The minimum atomic E-state index is 0.129. The van der Waals surface area contributed by atoms with Gasteiger partial charge in [-0.2, -0.15) is 0 Å². The van der Waals surface area contributed by atoms with E-state index in [1.54, 1.807) is 0 Å². The SMILES string of the molecule is Cc1cc(C(=O)N2CCC(CC(=O)N3CCCC3)CC2)c(C)n1C(C)c1ccccc1. The van der Waals surface area contributed by atoms with E-state index in [0.29, 0.717) is 18.2 Å². The molecule has 0 N–H and O–H groups in total. The number of likely N-dealkylation sites (tertiary alicyclic amines) is 2. The molecule has 2 saturated heterocycles. The highest BCUT2D eigenvalue weighted by molar-refractivity contribution is 5.95. The number of nitrogens with zero attached hydrogens (tertiary/aromatic N) is 3. The molecule has 2 aromatic rings. The van der Waals surface area contributed by atoms with E-state index < -0.39 is 0 Å².